The fraction of sp³-hybridized carbons (Fsp3) is 0.440. The lowest BCUT2D eigenvalue weighted by Crippen LogP contribution is -2.41. The number of carbonyl (C=O) groups is 1. The number of benzene rings is 1. The summed E-state index contributed by atoms with van der Waals surface area (Å²) in [7, 11) is -3.56. The van der Waals surface area contributed by atoms with Crippen LogP contribution in [0, 0.1) is 11.6 Å². The van der Waals surface area contributed by atoms with Crippen LogP contribution in [0.5, 0.6) is 0 Å². The van der Waals surface area contributed by atoms with Gasteiger partial charge in [-0.3, -0.25) is 4.98 Å². The summed E-state index contributed by atoms with van der Waals surface area (Å²) >= 11 is 0. The van der Waals surface area contributed by atoms with Gasteiger partial charge < -0.3 is 14.2 Å². The third-order valence-corrected chi connectivity index (χ3v) is 7.18. The first-order valence-corrected chi connectivity index (χ1v) is 13.3. The van der Waals surface area contributed by atoms with Crippen molar-refractivity contribution in [3.05, 3.63) is 59.6 Å². The Hall–Kier alpha value is -3.01. The van der Waals surface area contributed by atoms with Gasteiger partial charge in [0.2, 0.25) is 0 Å². The average Bonchev–Trinajstić information content (AvgIpc) is 3.17. The van der Waals surface area contributed by atoms with Gasteiger partial charge >= 0.3 is 6.09 Å². The molecule has 1 aliphatic heterocycles. The Morgan fingerprint density at radius 3 is 2.43 bits per heavy atom. The van der Waals surface area contributed by atoms with Crippen LogP contribution in [-0.2, 0) is 21.1 Å². The first-order valence-electron chi connectivity index (χ1n) is 11.4. The Morgan fingerprint density at radius 2 is 1.83 bits per heavy atom. The van der Waals surface area contributed by atoms with Crippen molar-refractivity contribution in [1.29, 1.82) is 0 Å². The van der Waals surface area contributed by atoms with Gasteiger partial charge in [-0.05, 0) is 69.4 Å². The van der Waals surface area contributed by atoms with Crippen LogP contribution in [0.2, 0.25) is 0 Å². The molecule has 0 unspecified atom stereocenters. The summed E-state index contributed by atoms with van der Waals surface area (Å²) < 4.78 is 60.2. The highest BCUT2D eigenvalue weighted by Gasteiger charge is 2.28. The van der Waals surface area contributed by atoms with Gasteiger partial charge in [0.1, 0.15) is 17.2 Å². The number of carbonyl (C=O) groups excluding carboxylic acids is 1. The highest BCUT2D eigenvalue weighted by Crippen LogP contribution is 2.30. The third kappa shape index (κ3) is 5.63. The first kappa shape index (κ1) is 25.1. The molecule has 188 valence electrons. The van der Waals surface area contributed by atoms with Gasteiger partial charge in [-0.15, -0.1) is 0 Å². The van der Waals surface area contributed by atoms with E-state index in [1.807, 2.05) is 20.8 Å². The summed E-state index contributed by atoms with van der Waals surface area (Å²) in [6.07, 6.45) is 5.25. The number of likely N-dealkylation sites (tertiary alicyclic amines) is 1. The molecule has 0 bridgehead atoms. The van der Waals surface area contributed by atoms with Gasteiger partial charge in [0.05, 0.1) is 22.7 Å². The largest absolute Gasteiger partial charge is 0.444 e. The van der Waals surface area contributed by atoms with E-state index in [2.05, 4.69) is 4.98 Å². The Labute approximate surface area is 203 Å². The molecule has 1 saturated heterocycles. The Bertz CT molecular complexity index is 1370. The minimum atomic E-state index is -3.56. The maximum atomic E-state index is 15.0. The number of nitrogens with zero attached hydrogens (tertiary/aromatic N) is 3. The lowest BCUT2D eigenvalue weighted by Gasteiger charge is -2.33. The molecule has 0 radical (unpaired) electrons. The fourth-order valence-corrected chi connectivity index (χ4v) is 4.98. The molecule has 3 heterocycles. The second-order valence-corrected chi connectivity index (χ2v) is 12.0. The van der Waals surface area contributed by atoms with Crippen LogP contribution in [0.25, 0.3) is 10.9 Å². The number of aromatic nitrogens is 2. The number of hydrogen-bond donors (Lipinski definition) is 0. The fourth-order valence-electron chi connectivity index (χ4n) is 4.32. The Morgan fingerprint density at radius 1 is 1.14 bits per heavy atom. The topological polar surface area (TPSA) is 81.5 Å². The third-order valence-electron chi connectivity index (χ3n) is 6.09. The van der Waals surface area contributed by atoms with Crippen molar-refractivity contribution in [2.24, 2.45) is 0 Å². The van der Waals surface area contributed by atoms with Crippen LogP contribution in [0.3, 0.4) is 0 Å². The van der Waals surface area contributed by atoms with E-state index in [1.54, 1.807) is 23.4 Å². The second-order valence-electron chi connectivity index (χ2n) is 10.00. The molecule has 1 aliphatic rings. The zero-order chi connectivity index (χ0) is 25.5. The lowest BCUT2D eigenvalue weighted by atomic mass is 9.90. The van der Waals surface area contributed by atoms with Gasteiger partial charge in [0.15, 0.2) is 9.84 Å². The molecule has 10 heteroatoms. The average molecular weight is 506 g/mol. The highest BCUT2D eigenvalue weighted by molar-refractivity contribution is 7.90. The predicted molar refractivity (Wildman–Crippen MR) is 128 cm³/mol. The van der Waals surface area contributed by atoms with Crippen molar-refractivity contribution in [1.82, 2.24) is 14.5 Å². The molecule has 2 aromatic heterocycles. The van der Waals surface area contributed by atoms with Crippen LogP contribution in [0.15, 0.2) is 41.6 Å². The zero-order valence-electron chi connectivity index (χ0n) is 20.2. The predicted octanol–water partition coefficient (Wildman–Crippen LogP) is 4.88. The summed E-state index contributed by atoms with van der Waals surface area (Å²) in [4.78, 5) is 18.1. The van der Waals surface area contributed by atoms with Crippen molar-refractivity contribution in [3.8, 4) is 0 Å². The smallest absolute Gasteiger partial charge is 0.410 e. The maximum Gasteiger partial charge on any atom is 0.410 e. The lowest BCUT2D eigenvalue weighted by molar-refractivity contribution is 0.0204. The van der Waals surface area contributed by atoms with Gasteiger partial charge in [-0.1, -0.05) is 0 Å². The van der Waals surface area contributed by atoms with Crippen LogP contribution < -0.4 is 0 Å². The molecule has 1 fully saturated rings. The van der Waals surface area contributed by atoms with Crippen molar-refractivity contribution < 1.29 is 26.7 Å². The van der Waals surface area contributed by atoms with Gasteiger partial charge in [0.25, 0.3) is 0 Å². The number of rotatable bonds is 4. The zero-order valence-corrected chi connectivity index (χ0v) is 21.0. The van der Waals surface area contributed by atoms with Crippen molar-refractivity contribution in [2.45, 2.75) is 56.6 Å². The van der Waals surface area contributed by atoms with Crippen LogP contribution in [0.1, 0.15) is 50.8 Å². The number of sulfone groups is 1. The standard InChI is InChI=1S/C25H29F2N3O4S/c1-25(2,3)34-24(31)29-8-5-16(6-9-29)18-12-20(26)22(28-14-18)15-30-10-7-17-11-19(35(4,32)33)13-21(27)23(17)30/h7,10-14,16H,5-6,8-9,15H2,1-4H3. The molecular formula is C25H29F2N3O4S. The number of piperidine rings is 1. The van der Waals surface area contributed by atoms with E-state index >= 15 is 0 Å². The summed E-state index contributed by atoms with van der Waals surface area (Å²) in [6, 6.07) is 5.43. The molecule has 1 amide bonds. The van der Waals surface area contributed by atoms with E-state index in [0.29, 0.717) is 31.3 Å². The number of pyridine rings is 1. The molecular weight excluding hydrogens is 476 g/mol. The number of fused-ring (bicyclic) bond motifs is 1. The van der Waals surface area contributed by atoms with Gasteiger partial charge in [-0.2, -0.15) is 0 Å². The van der Waals surface area contributed by atoms with E-state index in [9.17, 15) is 22.0 Å². The normalized spacial score (nSPS) is 15.5. The minimum Gasteiger partial charge on any atom is -0.444 e. The van der Waals surface area contributed by atoms with Gasteiger partial charge in [0, 0.05) is 37.1 Å². The number of halogens is 2. The molecule has 0 atom stereocenters. The summed E-state index contributed by atoms with van der Waals surface area (Å²) in [5, 5.41) is 0.416. The van der Waals surface area contributed by atoms with Gasteiger partial charge in [-0.25, -0.2) is 22.0 Å². The highest BCUT2D eigenvalue weighted by atomic mass is 32.2. The minimum absolute atomic E-state index is 0.00183. The van der Waals surface area contributed by atoms with Crippen molar-refractivity contribution >= 4 is 26.8 Å². The number of amides is 1. The van der Waals surface area contributed by atoms with E-state index in [1.165, 1.54) is 16.7 Å². The molecule has 0 N–H and O–H groups in total. The van der Waals surface area contributed by atoms with E-state index in [4.69, 9.17) is 4.74 Å². The van der Waals surface area contributed by atoms with Crippen LogP contribution in [-0.4, -0.2) is 53.9 Å². The van der Waals surface area contributed by atoms with Crippen molar-refractivity contribution in [3.63, 3.8) is 0 Å². The molecule has 7 nitrogen and oxygen atoms in total. The molecule has 1 aromatic carbocycles. The van der Waals surface area contributed by atoms with E-state index < -0.39 is 27.1 Å². The van der Waals surface area contributed by atoms with E-state index in [0.717, 1.165) is 17.9 Å². The first-order chi connectivity index (χ1) is 16.3. The molecule has 0 spiro atoms. The molecule has 0 saturated carbocycles. The summed E-state index contributed by atoms with van der Waals surface area (Å²) in [5.74, 6) is -1.11. The molecule has 3 aromatic rings. The number of ether oxygens (including phenoxy) is 1. The molecule has 4 rings (SSSR count). The molecule has 0 aliphatic carbocycles. The maximum absolute atomic E-state index is 15.0. The molecule has 35 heavy (non-hydrogen) atoms. The Balaban J connectivity index is 1.47. The monoisotopic (exact) mass is 505 g/mol. The Kier molecular flexibility index (Phi) is 6.61. The SMILES string of the molecule is CC(C)(C)OC(=O)N1CCC(c2cnc(Cn3ccc4cc(S(C)(=O)=O)cc(F)c43)c(F)c2)CC1. The van der Waals surface area contributed by atoms with E-state index in [-0.39, 0.29) is 34.7 Å². The summed E-state index contributed by atoms with van der Waals surface area (Å²) in [6.45, 7) is 6.52. The number of hydrogen-bond acceptors (Lipinski definition) is 5. The summed E-state index contributed by atoms with van der Waals surface area (Å²) in [5.41, 5.74) is 0.554. The van der Waals surface area contributed by atoms with Crippen LogP contribution in [0.4, 0.5) is 13.6 Å². The second kappa shape index (κ2) is 9.22. The van der Waals surface area contributed by atoms with Crippen LogP contribution >= 0.6 is 0 Å². The quantitative estimate of drug-likeness (QED) is 0.505. The van der Waals surface area contributed by atoms with Crippen molar-refractivity contribution in [2.75, 3.05) is 19.3 Å².